The fraction of sp³-hybridized carbons (Fsp3) is 0.222. The molecule has 0 amide bonds. The van der Waals surface area contributed by atoms with E-state index in [4.69, 9.17) is 4.98 Å². The first-order valence-electron chi connectivity index (χ1n) is 12.0. The van der Waals surface area contributed by atoms with E-state index in [1.165, 1.54) is 0 Å². The summed E-state index contributed by atoms with van der Waals surface area (Å²) in [7, 11) is 0. The van der Waals surface area contributed by atoms with Crippen LogP contribution >= 0.6 is 11.3 Å². The number of H-pyrrole nitrogens is 1. The van der Waals surface area contributed by atoms with Gasteiger partial charge in [-0.25, -0.2) is 19.9 Å². The number of nitrogens with zero attached hydrogens (tertiary/aromatic N) is 6. The van der Waals surface area contributed by atoms with Crippen LogP contribution in [0.1, 0.15) is 30.3 Å². The van der Waals surface area contributed by atoms with Crippen LogP contribution in [-0.4, -0.2) is 47.5 Å². The van der Waals surface area contributed by atoms with Gasteiger partial charge in [-0.3, -0.25) is 14.3 Å². The van der Waals surface area contributed by atoms with Crippen molar-refractivity contribution in [3.05, 3.63) is 101 Å². The van der Waals surface area contributed by atoms with Crippen LogP contribution in [-0.2, 0) is 6.54 Å². The van der Waals surface area contributed by atoms with Gasteiger partial charge in [0.15, 0.2) is 0 Å². The Kier molecular flexibility index (Phi) is 6.23. The minimum atomic E-state index is -0.0995. The highest BCUT2D eigenvalue weighted by Crippen LogP contribution is 2.28. The molecular formula is C27H25N7OS. The highest BCUT2D eigenvalue weighted by Gasteiger charge is 2.24. The maximum absolute atomic E-state index is 12.3. The van der Waals surface area contributed by atoms with Crippen molar-refractivity contribution in [2.75, 3.05) is 13.1 Å². The van der Waals surface area contributed by atoms with Crippen molar-refractivity contribution in [3.8, 4) is 27.6 Å². The minimum Gasteiger partial charge on any atom is -0.310 e. The van der Waals surface area contributed by atoms with Crippen LogP contribution in [0.2, 0.25) is 0 Å². The highest BCUT2D eigenvalue weighted by molar-refractivity contribution is 7.13. The molecule has 9 heteroatoms. The lowest BCUT2D eigenvalue weighted by Crippen LogP contribution is -2.35. The van der Waals surface area contributed by atoms with Gasteiger partial charge in [0.2, 0.25) is 5.95 Å². The molecule has 5 heterocycles. The SMILES string of the molecule is O=c1cc(-c2cccs2)nc(C2CCCN(Cc3cn(-c4ncc(-c5ccccc5)cn4)cn3)C2)[nH]1. The molecule has 1 aliphatic rings. The smallest absolute Gasteiger partial charge is 0.251 e. The number of nitrogens with one attached hydrogen (secondary N) is 1. The molecule has 4 aromatic heterocycles. The molecule has 0 spiro atoms. The first-order chi connectivity index (χ1) is 17.7. The molecule has 1 N–H and O–H groups in total. The predicted octanol–water partition coefficient (Wildman–Crippen LogP) is 4.52. The number of piperidine rings is 1. The van der Waals surface area contributed by atoms with E-state index in [-0.39, 0.29) is 11.5 Å². The number of imidazole rings is 1. The maximum Gasteiger partial charge on any atom is 0.251 e. The van der Waals surface area contributed by atoms with E-state index in [1.54, 1.807) is 23.7 Å². The summed E-state index contributed by atoms with van der Waals surface area (Å²) in [5.74, 6) is 1.55. The Labute approximate surface area is 212 Å². The molecular weight excluding hydrogens is 470 g/mol. The number of likely N-dealkylation sites (tertiary alicyclic amines) is 1. The van der Waals surface area contributed by atoms with E-state index in [0.29, 0.717) is 5.95 Å². The number of hydrogen-bond donors (Lipinski definition) is 1. The molecule has 0 aliphatic carbocycles. The van der Waals surface area contributed by atoms with Gasteiger partial charge in [-0.1, -0.05) is 36.4 Å². The lowest BCUT2D eigenvalue weighted by molar-refractivity contribution is 0.194. The molecule has 1 aromatic carbocycles. The summed E-state index contributed by atoms with van der Waals surface area (Å²) in [6.07, 6.45) is 9.47. The van der Waals surface area contributed by atoms with Crippen molar-refractivity contribution < 1.29 is 0 Å². The molecule has 1 atom stereocenters. The zero-order valence-electron chi connectivity index (χ0n) is 19.6. The summed E-state index contributed by atoms with van der Waals surface area (Å²) >= 11 is 1.60. The summed E-state index contributed by atoms with van der Waals surface area (Å²) in [5, 5.41) is 2.00. The third-order valence-electron chi connectivity index (χ3n) is 6.42. The maximum atomic E-state index is 12.3. The molecule has 1 unspecified atom stereocenters. The van der Waals surface area contributed by atoms with E-state index in [0.717, 1.165) is 65.7 Å². The van der Waals surface area contributed by atoms with Crippen LogP contribution in [0, 0.1) is 0 Å². The normalized spacial score (nSPS) is 16.3. The van der Waals surface area contributed by atoms with Gasteiger partial charge in [-0.05, 0) is 36.4 Å². The number of benzene rings is 1. The Balaban J connectivity index is 1.14. The number of aromatic amines is 1. The second-order valence-electron chi connectivity index (χ2n) is 8.98. The number of thiophene rings is 1. The van der Waals surface area contributed by atoms with Crippen molar-refractivity contribution in [1.29, 1.82) is 0 Å². The Morgan fingerprint density at radius 1 is 1.03 bits per heavy atom. The number of hydrogen-bond acceptors (Lipinski definition) is 7. The standard InChI is InChI=1S/C27H25N7OS/c35-25-12-23(24-9-5-11-36-24)31-26(32-25)20-8-4-10-33(15-20)16-22-17-34(18-30-22)27-28-13-21(14-29-27)19-6-2-1-3-7-19/h1-3,5-7,9,11-14,17-18,20H,4,8,10,15-16H2,(H,31,32,35). The summed E-state index contributed by atoms with van der Waals surface area (Å²) in [4.78, 5) is 37.2. The van der Waals surface area contributed by atoms with Crippen molar-refractivity contribution in [3.63, 3.8) is 0 Å². The number of aromatic nitrogens is 6. The second kappa shape index (κ2) is 9.96. The van der Waals surface area contributed by atoms with E-state index < -0.39 is 0 Å². The Morgan fingerprint density at radius 2 is 1.89 bits per heavy atom. The van der Waals surface area contributed by atoms with Crippen LogP contribution in [0.4, 0.5) is 0 Å². The molecule has 0 radical (unpaired) electrons. The zero-order chi connectivity index (χ0) is 24.3. The van der Waals surface area contributed by atoms with Crippen LogP contribution in [0.3, 0.4) is 0 Å². The quantitative estimate of drug-likeness (QED) is 0.372. The van der Waals surface area contributed by atoms with Crippen molar-refractivity contribution >= 4 is 11.3 Å². The van der Waals surface area contributed by atoms with Crippen molar-refractivity contribution in [1.82, 2.24) is 34.4 Å². The monoisotopic (exact) mass is 495 g/mol. The van der Waals surface area contributed by atoms with Gasteiger partial charge in [-0.15, -0.1) is 11.3 Å². The van der Waals surface area contributed by atoms with Crippen LogP contribution < -0.4 is 5.56 Å². The van der Waals surface area contributed by atoms with Crippen molar-refractivity contribution in [2.45, 2.75) is 25.3 Å². The van der Waals surface area contributed by atoms with E-state index in [9.17, 15) is 4.79 Å². The van der Waals surface area contributed by atoms with E-state index in [2.05, 4.69) is 24.8 Å². The molecule has 1 aliphatic heterocycles. The third-order valence-corrected chi connectivity index (χ3v) is 7.32. The fourth-order valence-electron chi connectivity index (χ4n) is 4.66. The molecule has 0 bridgehead atoms. The average molecular weight is 496 g/mol. The summed E-state index contributed by atoms with van der Waals surface area (Å²) in [6.45, 7) is 2.53. The highest BCUT2D eigenvalue weighted by atomic mass is 32.1. The lowest BCUT2D eigenvalue weighted by atomic mass is 9.97. The zero-order valence-corrected chi connectivity index (χ0v) is 20.4. The summed E-state index contributed by atoms with van der Waals surface area (Å²) in [6, 6.07) is 15.7. The number of rotatable bonds is 6. The summed E-state index contributed by atoms with van der Waals surface area (Å²) < 4.78 is 1.86. The van der Waals surface area contributed by atoms with Gasteiger partial charge < -0.3 is 4.98 Å². The Hall–Kier alpha value is -3.95. The average Bonchev–Trinajstić information content (AvgIpc) is 3.62. The minimum absolute atomic E-state index is 0.0995. The third kappa shape index (κ3) is 4.89. The Bertz CT molecular complexity index is 1490. The molecule has 8 nitrogen and oxygen atoms in total. The molecule has 180 valence electrons. The van der Waals surface area contributed by atoms with Crippen LogP contribution in [0.15, 0.2) is 83.6 Å². The van der Waals surface area contributed by atoms with Crippen LogP contribution in [0.5, 0.6) is 0 Å². The molecule has 1 saturated heterocycles. The predicted molar refractivity (Wildman–Crippen MR) is 140 cm³/mol. The molecule has 5 aromatic rings. The topological polar surface area (TPSA) is 92.6 Å². The molecule has 6 rings (SSSR count). The van der Waals surface area contributed by atoms with E-state index >= 15 is 0 Å². The van der Waals surface area contributed by atoms with E-state index in [1.807, 2.05) is 71.0 Å². The lowest BCUT2D eigenvalue weighted by Gasteiger charge is -2.31. The van der Waals surface area contributed by atoms with Gasteiger partial charge in [-0.2, -0.15) is 0 Å². The fourth-order valence-corrected chi connectivity index (χ4v) is 5.35. The Morgan fingerprint density at radius 3 is 2.69 bits per heavy atom. The van der Waals surface area contributed by atoms with Gasteiger partial charge in [0.25, 0.3) is 5.56 Å². The van der Waals surface area contributed by atoms with Gasteiger partial charge >= 0.3 is 0 Å². The molecule has 1 fully saturated rings. The van der Waals surface area contributed by atoms with Crippen LogP contribution in [0.25, 0.3) is 27.6 Å². The van der Waals surface area contributed by atoms with Gasteiger partial charge in [0.05, 0.1) is 16.3 Å². The first-order valence-corrected chi connectivity index (χ1v) is 12.9. The van der Waals surface area contributed by atoms with Gasteiger partial charge in [0, 0.05) is 49.2 Å². The first kappa shape index (κ1) is 22.5. The molecule has 36 heavy (non-hydrogen) atoms. The largest absolute Gasteiger partial charge is 0.310 e. The summed E-state index contributed by atoms with van der Waals surface area (Å²) in [5.41, 5.74) is 3.68. The van der Waals surface area contributed by atoms with Crippen molar-refractivity contribution in [2.24, 2.45) is 0 Å². The molecule has 0 saturated carbocycles. The second-order valence-corrected chi connectivity index (χ2v) is 9.93. The van der Waals surface area contributed by atoms with Gasteiger partial charge in [0.1, 0.15) is 12.2 Å².